The standard InChI is InChI=1S/C53H37N/c1-35(45(39-17-6-3-7-18-39)33-36-27-29-38(30-28-36)37-15-4-2-5-16-37)40-31-32-42-41-19-8-10-22-46(41)53(49(42)34-40)47-23-11-13-26-51(47)54-50-25-12-9-20-43(50)44-21-14-24-48(53)52(44)54/h2-32,34,45H,1,33H2. The highest BCUT2D eigenvalue weighted by atomic mass is 15.0. The fourth-order valence-corrected chi connectivity index (χ4v) is 9.79. The molecule has 0 bridgehead atoms. The molecule has 9 aromatic rings. The highest BCUT2D eigenvalue weighted by Gasteiger charge is 2.50. The van der Waals surface area contributed by atoms with Gasteiger partial charge in [0.15, 0.2) is 0 Å². The van der Waals surface area contributed by atoms with E-state index in [4.69, 9.17) is 6.58 Å². The topological polar surface area (TPSA) is 4.93 Å². The van der Waals surface area contributed by atoms with Crippen LogP contribution in [0.5, 0.6) is 0 Å². The molecule has 2 atom stereocenters. The minimum Gasteiger partial charge on any atom is -0.309 e. The molecule has 1 nitrogen and oxygen atoms in total. The molecule has 54 heavy (non-hydrogen) atoms. The van der Waals surface area contributed by atoms with Crippen LogP contribution in [0.1, 0.15) is 44.9 Å². The Morgan fingerprint density at radius 1 is 0.500 bits per heavy atom. The summed E-state index contributed by atoms with van der Waals surface area (Å²) in [5.74, 6) is 0.108. The molecule has 0 amide bonds. The van der Waals surface area contributed by atoms with Crippen molar-refractivity contribution in [3.05, 3.63) is 240 Å². The molecule has 0 saturated carbocycles. The maximum absolute atomic E-state index is 4.91. The van der Waals surface area contributed by atoms with Gasteiger partial charge in [-0.3, -0.25) is 0 Å². The van der Waals surface area contributed by atoms with Gasteiger partial charge >= 0.3 is 0 Å². The maximum Gasteiger partial charge on any atom is 0.0754 e. The van der Waals surface area contributed by atoms with Gasteiger partial charge in [0, 0.05) is 16.7 Å². The number of nitrogens with zero attached hydrogens (tertiary/aromatic N) is 1. The Labute approximate surface area is 316 Å². The summed E-state index contributed by atoms with van der Waals surface area (Å²) < 4.78 is 2.51. The molecule has 1 spiro atoms. The summed E-state index contributed by atoms with van der Waals surface area (Å²) >= 11 is 0. The summed E-state index contributed by atoms with van der Waals surface area (Å²) in [5.41, 5.74) is 18.6. The summed E-state index contributed by atoms with van der Waals surface area (Å²) in [4.78, 5) is 0. The van der Waals surface area contributed by atoms with E-state index in [-0.39, 0.29) is 5.92 Å². The van der Waals surface area contributed by atoms with Gasteiger partial charge in [-0.15, -0.1) is 0 Å². The van der Waals surface area contributed by atoms with Crippen molar-refractivity contribution in [1.29, 1.82) is 0 Å². The van der Waals surface area contributed by atoms with Crippen LogP contribution < -0.4 is 0 Å². The van der Waals surface area contributed by atoms with Crippen LogP contribution in [-0.4, -0.2) is 4.57 Å². The van der Waals surface area contributed by atoms with Gasteiger partial charge in [0.05, 0.1) is 22.1 Å². The maximum atomic E-state index is 4.91. The molecular weight excluding hydrogens is 651 g/mol. The molecule has 1 aliphatic heterocycles. The van der Waals surface area contributed by atoms with Crippen LogP contribution in [0.4, 0.5) is 0 Å². The third-order valence-corrected chi connectivity index (χ3v) is 12.2. The lowest BCUT2D eigenvalue weighted by Gasteiger charge is -2.39. The Kier molecular flexibility index (Phi) is 6.81. The first-order valence-electron chi connectivity index (χ1n) is 19.0. The largest absolute Gasteiger partial charge is 0.309 e. The number of fused-ring (bicyclic) bond motifs is 12. The Morgan fingerprint density at radius 3 is 1.96 bits per heavy atom. The number of para-hydroxylation sites is 3. The summed E-state index contributed by atoms with van der Waals surface area (Å²) in [6.07, 6.45) is 0.864. The zero-order valence-corrected chi connectivity index (χ0v) is 29.9. The van der Waals surface area contributed by atoms with Gasteiger partial charge in [0.2, 0.25) is 0 Å². The van der Waals surface area contributed by atoms with Crippen molar-refractivity contribution >= 4 is 27.4 Å². The molecule has 254 valence electrons. The lowest BCUT2D eigenvalue weighted by molar-refractivity contribution is 0.747. The average molecular weight is 688 g/mol. The van der Waals surface area contributed by atoms with E-state index in [1.54, 1.807) is 0 Å². The molecule has 0 fully saturated rings. The van der Waals surface area contributed by atoms with E-state index < -0.39 is 5.41 Å². The van der Waals surface area contributed by atoms with Crippen LogP contribution in [0.15, 0.2) is 201 Å². The first-order chi connectivity index (χ1) is 26.7. The molecule has 1 heteroatoms. The van der Waals surface area contributed by atoms with Gasteiger partial charge in [-0.1, -0.05) is 183 Å². The van der Waals surface area contributed by atoms with Crippen molar-refractivity contribution in [2.45, 2.75) is 17.8 Å². The third kappa shape index (κ3) is 4.33. The summed E-state index contributed by atoms with van der Waals surface area (Å²) in [6, 6.07) is 71.8. The van der Waals surface area contributed by atoms with E-state index in [1.807, 2.05) is 0 Å². The lowest BCUT2D eigenvalue weighted by Crippen LogP contribution is -2.33. The number of rotatable bonds is 6. The van der Waals surface area contributed by atoms with Crippen LogP contribution in [0, 0.1) is 0 Å². The van der Waals surface area contributed by atoms with Crippen molar-refractivity contribution in [3.63, 3.8) is 0 Å². The van der Waals surface area contributed by atoms with Crippen molar-refractivity contribution in [2.75, 3.05) is 0 Å². The molecule has 2 unspecified atom stereocenters. The van der Waals surface area contributed by atoms with Gasteiger partial charge < -0.3 is 4.57 Å². The van der Waals surface area contributed by atoms with Crippen molar-refractivity contribution in [2.24, 2.45) is 0 Å². The summed E-state index contributed by atoms with van der Waals surface area (Å²) in [5, 5.41) is 2.59. The van der Waals surface area contributed by atoms with E-state index >= 15 is 0 Å². The fraction of sp³-hybridized carbons (Fsp3) is 0.0566. The van der Waals surface area contributed by atoms with Crippen LogP contribution in [-0.2, 0) is 11.8 Å². The van der Waals surface area contributed by atoms with Crippen LogP contribution in [0.3, 0.4) is 0 Å². The van der Waals surface area contributed by atoms with Gasteiger partial charge in [0.25, 0.3) is 0 Å². The van der Waals surface area contributed by atoms with E-state index in [2.05, 4.69) is 199 Å². The van der Waals surface area contributed by atoms with Crippen LogP contribution in [0.25, 0.3) is 55.3 Å². The molecule has 8 aromatic carbocycles. The Balaban J connectivity index is 1.10. The number of hydrogen-bond donors (Lipinski definition) is 0. The molecule has 1 aromatic heterocycles. The van der Waals surface area contributed by atoms with Crippen LogP contribution >= 0.6 is 0 Å². The highest BCUT2D eigenvalue weighted by molar-refractivity contribution is 6.12. The smallest absolute Gasteiger partial charge is 0.0754 e. The van der Waals surface area contributed by atoms with Gasteiger partial charge in [-0.25, -0.2) is 0 Å². The van der Waals surface area contributed by atoms with Gasteiger partial charge in [0.1, 0.15) is 0 Å². The number of benzene rings is 8. The summed E-state index contributed by atoms with van der Waals surface area (Å²) in [6.45, 7) is 4.91. The number of allylic oxidation sites excluding steroid dienone is 1. The molecule has 2 aliphatic rings. The molecule has 0 N–H and O–H groups in total. The molecule has 1 aliphatic carbocycles. The first-order valence-corrected chi connectivity index (χ1v) is 19.0. The zero-order valence-electron chi connectivity index (χ0n) is 29.9. The van der Waals surface area contributed by atoms with Gasteiger partial charge in [-0.05, 0) is 91.4 Å². The third-order valence-electron chi connectivity index (χ3n) is 12.2. The van der Waals surface area contributed by atoms with Crippen LogP contribution in [0.2, 0.25) is 0 Å². The number of hydrogen-bond acceptors (Lipinski definition) is 0. The number of aromatic nitrogens is 1. The Morgan fingerprint density at radius 2 is 1.13 bits per heavy atom. The monoisotopic (exact) mass is 687 g/mol. The zero-order chi connectivity index (χ0) is 35.8. The van der Waals surface area contributed by atoms with Crippen molar-refractivity contribution in [3.8, 4) is 27.9 Å². The first kappa shape index (κ1) is 30.9. The summed E-state index contributed by atoms with van der Waals surface area (Å²) in [7, 11) is 0. The quantitative estimate of drug-likeness (QED) is 0.164. The van der Waals surface area contributed by atoms with E-state index in [0.717, 1.165) is 12.0 Å². The van der Waals surface area contributed by atoms with E-state index in [9.17, 15) is 0 Å². The molecule has 2 heterocycles. The average Bonchev–Trinajstić information content (AvgIpc) is 3.74. The van der Waals surface area contributed by atoms with E-state index in [1.165, 1.54) is 88.7 Å². The molecule has 11 rings (SSSR count). The van der Waals surface area contributed by atoms with Crippen molar-refractivity contribution < 1.29 is 0 Å². The second-order valence-electron chi connectivity index (χ2n) is 14.9. The second kappa shape index (κ2) is 11.9. The Bertz CT molecular complexity index is 2910. The minimum atomic E-state index is -0.488. The SMILES string of the molecule is C=C(c1ccc2c(c1)C1(c3ccccc3-2)c2ccccc2-n2c3ccccc3c3cccc1c32)C(Cc1ccc(-c2ccccc2)cc1)c1ccccc1. The molecular formula is C53H37N. The predicted molar refractivity (Wildman–Crippen MR) is 225 cm³/mol. The molecule has 0 saturated heterocycles. The second-order valence-corrected chi connectivity index (χ2v) is 14.9. The van der Waals surface area contributed by atoms with Crippen molar-refractivity contribution in [1.82, 2.24) is 4.57 Å². The minimum absolute atomic E-state index is 0.108. The Hall–Kier alpha value is -6.70. The van der Waals surface area contributed by atoms with Gasteiger partial charge in [-0.2, -0.15) is 0 Å². The lowest BCUT2D eigenvalue weighted by atomic mass is 9.65. The van der Waals surface area contributed by atoms with E-state index in [0.29, 0.717) is 0 Å². The fourth-order valence-electron chi connectivity index (χ4n) is 9.79. The molecule has 0 radical (unpaired) electrons. The predicted octanol–water partition coefficient (Wildman–Crippen LogP) is 13.2. The highest BCUT2D eigenvalue weighted by Crippen LogP contribution is 2.61. The normalized spacial score (nSPS) is 15.6.